The second kappa shape index (κ2) is 10.4. The third-order valence-electron chi connectivity index (χ3n) is 5.05. The van der Waals surface area contributed by atoms with Crippen LogP contribution in [0.4, 0.5) is 10.1 Å². The molecule has 0 aliphatic carbocycles. The van der Waals surface area contributed by atoms with Crippen molar-refractivity contribution in [3.63, 3.8) is 0 Å². The van der Waals surface area contributed by atoms with E-state index in [1.165, 1.54) is 12.1 Å². The van der Waals surface area contributed by atoms with Crippen LogP contribution in [0.15, 0.2) is 29.3 Å². The third-order valence-corrected chi connectivity index (χ3v) is 5.05. The Labute approximate surface area is 177 Å². The number of rotatable bonds is 4. The second-order valence-corrected chi connectivity index (χ2v) is 6.96. The third kappa shape index (κ3) is 6.18. The number of hydrogen-bond acceptors (Lipinski definition) is 4. The minimum atomic E-state index is -0.755. The Balaban J connectivity index is 0.00000261. The van der Waals surface area contributed by atoms with E-state index < -0.39 is 5.60 Å². The standard InChI is InChI=1S/C19H29FN4O2.HI/c1-2-21-18(22-15-19(25)7-13-26-14-8-19)24-11-9-23(10-12-24)17-5-3-16(20)4-6-17;/h3-6,25H,2,7-15H2,1H3,(H,21,22);1H. The number of ether oxygens (including phenoxy) is 1. The number of guanidine groups is 1. The molecule has 2 aliphatic rings. The number of halogens is 2. The van der Waals surface area contributed by atoms with Crippen LogP contribution in [0.5, 0.6) is 0 Å². The van der Waals surface area contributed by atoms with Gasteiger partial charge in [-0.25, -0.2) is 4.39 Å². The lowest BCUT2D eigenvalue weighted by molar-refractivity contribution is -0.0566. The lowest BCUT2D eigenvalue weighted by atomic mass is 9.95. The minimum absolute atomic E-state index is 0. The van der Waals surface area contributed by atoms with Crippen molar-refractivity contribution in [2.24, 2.45) is 4.99 Å². The van der Waals surface area contributed by atoms with Crippen molar-refractivity contribution < 1.29 is 14.2 Å². The normalized spacial score (nSPS) is 20.2. The number of hydrogen-bond donors (Lipinski definition) is 2. The van der Waals surface area contributed by atoms with E-state index in [4.69, 9.17) is 9.73 Å². The first kappa shape index (κ1) is 22.2. The molecule has 0 radical (unpaired) electrons. The Morgan fingerprint density at radius 2 is 1.81 bits per heavy atom. The quantitative estimate of drug-likeness (QED) is 0.383. The lowest BCUT2D eigenvalue weighted by Gasteiger charge is -2.38. The van der Waals surface area contributed by atoms with Gasteiger partial charge in [-0.2, -0.15) is 0 Å². The number of nitrogens with one attached hydrogen (secondary N) is 1. The fourth-order valence-electron chi connectivity index (χ4n) is 3.39. The molecule has 0 aromatic heterocycles. The Bertz CT molecular complexity index is 600. The average Bonchev–Trinajstić information content (AvgIpc) is 2.67. The van der Waals surface area contributed by atoms with Crippen LogP contribution in [0.3, 0.4) is 0 Å². The fourth-order valence-corrected chi connectivity index (χ4v) is 3.39. The molecule has 152 valence electrons. The van der Waals surface area contributed by atoms with E-state index >= 15 is 0 Å². The summed E-state index contributed by atoms with van der Waals surface area (Å²) in [5.41, 5.74) is 0.291. The van der Waals surface area contributed by atoms with Crippen molar-refractivity contribution in [1.29, 1.82) is 0 Å². The SMILES string of the molecule is CCNC(=NCC1(O)CCOCC1)N1CCN(c2ccc(F)cc2)CC1.I. The minimum Gasteiger partial charge on any atom is -0.388 e. The molecule has 0 spiro atoms. The predicted molar refractivity (Wildman–Crippen MR) is 117 cm³/mol. The van der Waals surface area contributed by atoms with Gasteiger partial charge in [0.25, 0.3) is 0 Å². The first-order valence-electron chi connectivity index (χ1n) is 9.43. The fraction of sp³-hybridized carbons (Fsp3) is 0.632. The van der Waals surface area contributed by atoms with Gasteiger partial charge in [-0.1, -0.05) is 0 Å². The Morgan fingerprint density at radius 1 is 1.19 bits per heavy atom. The molecule has 27 heavy (non-hydrogen) atoms. The summed E-state index contributed by atoms with van der Waals surface area (Å²) in [5, 5.41) is 14.0. The summed E-state index contributed by atoms with van der Waals surface area (Å²) in [6.45, 7) is 7.82. The van der Waals surface area contributed by atoms with Crippen LogP contribution in [-0.4, -0.2) is 74.0 Å². The molecule has 0 saturated carbocycles. The molecular weight excluding hydrogens is 462 g/mol. The number of piperazine rings is 1. The van der Waals surface area contributed by atoms with Gasteiger partial charge in [-0.05, 0) is 31.2 Å². The monoisotopic (exact) mass is 492 g/mol. The molecule has 2 heterocycles. The molecule has 2 saturated heterocycles. The highest BCUT2D eigenvalue weighted by Crippen LogP contribution is 2.21. The number of nitrogens with zero attached hydrogens (tertiary/aromatic N) is 3. The highest BCUT2D eigenvalue weighted by atomic mass is 127. The molecule has 3 rings (SSSR count). The van der Waals surface area contributed by atoms with Crippen molar-refractivity contribution in [2.75, 3.05) is 57.4 Å². The van der Waals surface area contributed by atoms with Crippen LogP contribution >= 0.6 is 24.0 Å². The van der Waals surface area contributed by atoms with Gasteiger partial charge in [0.1, 0.15) is 5.82 Å². The van der Waals surface area contributed by atoms with Gasteiger partial charge < -0.3 is 25.0 Å². The van der Waals surface area contributed by atoms with E-state index in [2.05, 4.69) is 15.1 Å². The van der Waals surface area contributed by atoms with E-state index in [1.807, 2.05) is 19.1 Å². The van der Waals surface area contributed by atoms with Gasteiger partial charge in [-0.15, -0.1) is 24.0 Å². The summed E-state index contributed by atoms with van der Waals surface area (Å²) in [4.78, 5) is 9.18. The molecule has 1 aromatic rings. The zero-order chi connectivity index (χ0) is 18.4. The highest BCUT2D eigenvalue weighted by Gasteiger charge is 2.30. The molecule has 2 aliphatic heterocycles. The van der Waals surface area contributed by atoms with E-state index in [9.17, 15) is 9.50 Å². The summed E-state index contributed by atoms with van der Waals surface area (Å²) in [7, 11) is 0. The van der Waals surface area contributed by atoms with Crippen molar-refractivity contribution >= 4 is 35.6 Å². The molecule has 0 atom stereocenters. The molecule has 2 N–H and O–H groups in total. The zero-order valence-electron chi connectivity index (χ0n) is 15.9. The molecule has 0 unspecified atom stereocenters. The van der Waals surface area contributed by atoms with Gasteiger partial charge in [-0.3, -0.25) is 4.99 Å². The molecular formula is C19H30FIN4O2. The summed E-state index contributed by atoms with van der Waals surface area (Å²) in [6, 6.07) is 6.65. The summed E-state index contributed by atoms with van der Waals surface area (Å²) < 4.78 is 18.4. The summed E-state index contributed by atoms with van der Waals surface area (Å²) >= 11 is 0. The maximum Gasteiger partial charge on any atom is 0.194 e. The number of aliphatic hydroxyl groups is 1. The van der Waals surface area contributed by atoms with Crippen molar-refractivity contribution in [1.82, 2.24) is 10.2 Å². The molecule has 6 nitrogen and oxygen atoms in total. The zero-order valence-corrected chi connectivity index (χ0v) is 18.2. The predicted octanol–water partition coefficient (Wildman–Crippen LogP) is 2.07. The maximum absolute atomic E-state index is 13.1. The van der Waals surface area contributed by atoms with Crippen LogP contribution in [0.2, 0.25) is 0 Å². The first-order chi connectivity index (χ1) is 12.6. The number of benzene rings is 1. The average molecular weight is 492 g/mol. The van der Waals surface area contributed by atoms with Crippen LogP contribution in [-0.2, 0) is 4.74 Å². The van der Waals surface area contributed by atoms with E-state index in [0.29, 0.717) is 32.6 Å². The van der Waals surface area contributed by atoms with Gasteiger partial charge in [0.15, 0.2) is 5.96 Å². The summed E-state index contributed by atoms with van der Waals surface area (Å²) in [5.74, 6) is 0.645. The smallest absolute Gasteiger partial charge is 0.194 e. The van der Waals surface area contributed by atoms with E-state index in [-0.39, 0.29) is 29.8 Å². The Hall–Kier alpha value is -1.13. The molecule has 0 amide bonds. The van der Waals surface area contributed by atoms with Crippen molar-refractivity contribution in [3.05, 3.63) is 30.1 Å². The number of aliphatic imine (C=N–C) groups is 1. The second-order valence-electron chi connectivity index (χ2n) is 6.96. The topological polar surface area (TPSA) is 60.3 Å². The largest absolute Gasteiger partial charge is 0.388 e. The van der Waals surface area contributed by atoms with Crippen LogP contribution in [0, 0.1) is 5.82 Å². The number of anilines is 1. The van der Waals surface area contributed by atoms with Crippen molar-refractivity contribution in [2.45, 2.75) is 25.4 Å². The first-order valence-corrected chi connectivity index (χ1v) is 9.43. The lowest BCUT2D eigenvalue weighted by Crippen LogP contribution is -2.53. The van der Waals surface area contributed by atoms with E-state index in [1.54, 1.807) is 0 Å². The Morgan fingerprint density at radius 3 is 2.41 bits per heavy atom. The highest BCUT2D eigenvalue weighted by molar-refractivity contribution is 14.0. The molecule has 1 aromatic carbocycles. The maximum atomic E-state index is 13.1. The van der Waals surface area contributed by atoms with Crippen LogP contribution in [0.25, 0.3) is 0 Å². The molecule has 0 bridgehead atoms. The van der Waals surface area contributed by atoms with Crippen LogP contribution in [0.1, 0.15) is 19.8 Å². The van der Waals surface area contributed by atoms with Gasteiger partial charge in [0.05, 0.1) is 12.1 Å². The van der Waals surface area contributed by atoms with Crippen LogP contribution < -0.4 is 10.2 Å². The van der Waals surface area contributed by atoms with Gasteiger partial charge in [0.2, 0.25) is 0 Å². The molecule has 8 heteroatoms. The molecule has 2 fully saturated rings. The van der Waals surface area contributed by atoms with Crippen molar-refractivity contribution in [3.8, 4) is 0 Å². The van der Waals surface area contributed by atoms with Gasteiger partial charge in [0, 0.05) is 64.5 Å². The summed E-state index contributed by atoms with van der Waals surface area (Å²) in [6.07, 6.45) is 1.27. The van der Waals surface area contributed by atoms with Gasteiger partial charge >= 0.3 is 0 Å². The van der Waals surface area contributed by atoms with E-state index in [0.717, 1.165) is 44.4 Å². The Kier molecular flexibility index (Phi) is 8.56.